The lowest BCUT2D eigenvalue weighted by molar-refractivity contribution is 1.16. The summed E-state index contributed by atoms with van der Waals surface area (Å²) in [5.41, 5.74) is 4.43. The van der Waals surface area contributed by atoms with Crippen molar-refractivity contribution in [3.05, 3.63) is 47.0 Å². The van der Waals surface area contributed by atoms with Crippen molar-refractivity contribution in [2.75, 3.05) is 0 Å². The zero-order valence-corrected chi connectivity index (χ0v) is 12.2. The number of hydrogen-bond donors (Lipinski definition) is 0. The molecular weight excluding hydrogens is 244 g/mol. The fourth-order valence-corrected chi connectivity index (χ4v) is 3.45. The second kappa shape index (κ2) is 3.66. The average Bonchev–Trinajstić information content (AvgIpc) is 2.42. The molecule has 98 valence electrons. The lowest BCUT2D eigenvalue weighted by Crippen LogP contribution is -1.96. The molecular formula is C18H16N2. The number of aryl methyl sites for hydroxylation is 4. The minimum absolute atomic E-state index is 1.11. The molecule has 0 fully saturated rings. The molecule has 2 nitrogen and oxygen atoms in total. The van der Waals surface area contributed by atoms with Crippen molar-refractivity contribution in [1.82, 2.24) is 9.97 Å². The van der Waals surface area contributed by atoms with Crippen molar-refractivity contribution < 1.29 is 0 Å². The summed E-state index contributed by atoms with van der Waals surface area (Å²) in [5.74, 6) is 0. The predicted molar refractivity (Wildman–Crippen MR) is 84.7 cm³/mol. The van der Waals surface area contributed by atoms with Crippen molar-refractivity contribution in [3.63, 3.8) is 0 Å². The second-order valence-corrected chi connectivity index (χ2v) is 5.64. The van der Waals surface area contributed by atoms with Crippen molar-refractivity contribution >= 4 is 32.3 Å². The van der Waals surface area contributed by atoms with Crippen molar-refractivity contribution in [2.24, 2.45) is 0 Å². The van der Waals surface area contributed by atoms with Gasteiger partial charge in [0.2, 0.25) is 0 Å². The molecule has 0 saturated carbocycles. The summed E-state index contributed by atoms with van der Waals surface area (Å²) in [5, 5.41) is 7.72. The first kappa shape index (κ1) is 11.6. The molecule has 0 unspecified atom stereocenters. The highest BCUT2D eigenvalue weighted by Crippen LogP contribution is 2.37. The van der Waals surface area contributed by atoms with Crippen LogP contribution in [0.25, 0.3) is 32.3 Å². The Bertz CT molecular complexity index is 830. The summed E-state index contributed by atoms with van der Waals surface area (Å²) >= 11 is 0. The van der Waals surface area contributed by atoms with Gasteiger partial charge in [-0.2, -0.15) is 0 Å². The number of benzene rings is 2. The van der Waals surface area contributed by atoms with Crippen molar-refractivity contribution in [2.45, 2.75) is 27.7 Å². The van der Waals surface area contributed by atoms with Gasteiger partial charge in [-0.15, -0.1) is 0 Å². The van der Waals surface area contributed by atoms with Crippen LogP contribution in [0, 0.1) is 27.7 Å². The summed E-state index contributed by atoms with van der Waals surface area (Å²) in [4.78, 5) is 9.37. The van der Waals surface area contributed by atoms with E-state index >= 15 is 0 Å². The molecule has 0 aliphatic heterocycles. The first-order valence-corrected chi connectivity index (χ1v) is 6.97. The van der Waals surface area contributed by atoms with Crippen LogP contribution in [-0.4, -0.2) is 9.97 Å². The largest absolute Gasteiger partial charge is 0.257 e. The third kappa shape index (κ3) is 1.29. The Morgan fingerprint density at radius 3 is 1.00 bits per heavy atom. The van der Waals surface area contributed by atoms with Gasteiger partial charge < -0.3 is 0 Å². The van der Waals surface area contributed by atoms with Gasteiger partial charge in [0.15, 0.2) is 0 Å². The van der Waals surface area contributed by atoms with Gasteiger partial charge in [-0.1, -0.05) is 24.3 Å². The molecule has 4 rings (SSSR count). The fraction of sp³-hybridized carbons (Fsp3) is 0.222. The first-order valence-electron chi connectivity index (χ1n) is 6.97. The van der Waals surface area contributed by atoms with E-state index < -0.39 is 0 Å². The lowest BCUT2D eigenvalue weighted by Gasteiger charge is -2.15. The Morgan fingerprint density at radius 2 is 0.750 bits per heavy atom. The number of hydrogen-bond acceptors (Lipinski definition) is 2. The van der Waals surface area contributed by atoms with Crippen molar-refractivity contribution in [3.8, 4) is 0 Å². The summed E-state index contributed by atoms with van der Waals surface area (Å²) in [6.07, 6.45) is 0. The molecule has 2 aromatic carbocycles. The second-order valence-electron chi connectivity index (χ2n) is 5.64. The van der Waals surface area contributed by atoms with Gasteiger partial charge in [0.1, 0.15) is 0 Å². The molecule has 0 bridgehead atoms. The number of rotatable bonds is 0. The normalized spacial score (nSPS) is 12.0. The highest BCUT2D eigenvalue weighted by molar-refractivity contribution is 6.24. The Hall–Kier alpha value is -2.22. The van der Waals surface area contributed by atoms with Crippen LogP contribution in [0.1, 0.15) is 22.8 Å². The molecule has 0 amide bonds. The zero-order chi connectivity index (χ0) is 14.0. The van der Waals surface area contributed by atoms with E-state index in [-0.39, 0.29) is 0 Å². The van der Waals surface area contributed by atoms with E-state index in [9.17, 15) is 0 Å². The highest BCUT2D eigenvalue weighted by Gasteiger charge is 2.15. The van der Waals surface area contributed by atoms with Gasteiger partial charge in [0.25, 0.3) is 0 Å². The third-order valence-electron chi connectivity index (χ3n) is 4.39. The van der Waals surface area contributed by atoms with Gasteiger partial charge in [-0.25, -0.2) is 0 Å². The van der Waals surface area contributed by atoms with E-state index in [4.69, 9.17) is 0 Å². The topological polar surface area (TPSA) is 25.8 Å². The highest BCUT2D eigenvalue weighted by atomic mass is 14.7. The quantitative estimate of drug-likeness (QED) is 0.431. The molecule has 0 aliphatic carbocycles. The average molecular weight is 260 g/mol. The standard InChI is InChI=1S/C18H16N2/c1-9-13-5-6-15-11(3)20-12(4)16-8-7-14(10(2)19-9)17(13)18(15)16/h5-8H,1-4H3. The smallest absolute Gasteiger partial charge is 0.0454 e. The van der Waals surface area contributed by atoms with Crippen LogP contribution >= 0.6 is 0 Å². The van der Waals surface area contributed by atoms with Crippen LogP contribution in [0.4, 0.5) is 0 Å². The first-order chi connectivity index (χ1) is 9.58. The van der Waals surface area contributed by atoms with Crippen molar-refractivity contribution in [1.29, 1.82) is 0 Å². The fourth-order valence-electron chi connectivity index (χ4n) is 3.45. The molecule has 0 radical (unpaired) electrons. The van der Waals surface area contributed by atoms with E-state index in [1.54, 1.807) is 0 Å². The zero-order valence-electron chi connectivity index (χ0n) is 12.2. The van der Waals surface area contributed by atoms with Crippen LogP contribution in [-0.2, 0) is 0 Å². The maximum Gasteiger partial charge on any atom is 0.0454 e. The molecule has 2 heterocycles. The van der Waals surface area contributed by atoms with Gasteiger partial charge in [-0.3, -0.25) is 9.97 Å². The van der Waals surface area contributed by atoms with E-state index in [1.807, 2.05) is 0 Å². The molecule has 2 heteroatoms. The minimum Gasteiger partial charge on any atom is -0.257 e. The number of nitrogens with zero attached hydrogens (tertiary/aromatic N) is 2. The molecule has 4 aromatic rings. The Balaban J connectivity index is 2.47. The maximum atomic E-state index is 4.69. The molecule has 0 atom stereocenters. The maximum absolute atomic E-state index is 4.69. The lowest BCUT2D eigenvalue weighted by atomic mass is 9.92. The van der Waals surface area contributed by atoms with E-state index in [2.05, 4.69) is 61.9 Å². The summed E-state index contributed by atoms with van der Waals surface area (Å²) < 4.78 is 0. The van der Waals surface area contributed by atoms with Crippen LogP contribution in [0.2, 0.25) is 0 Å². The Morgan fingerprint density at radius 1 is 0.500 bits per heavy atom. The molecule has 0 spiro atoms. The summed E-state index contributed by atoms with van der Waals surface area (Å²) in [6.45, 7) is 8.38. The van der Waals surface area contributed by atoms with Gasteiger partial charge in [0, 0.05) is 55.1 Å². The van der Waals surface area contributed by atoms with Crippen LogP contribution in [0.5, 0.6) is 0 Å². The SMILES string of the molecule is Cc1nc(C)c2ccc3c(C)nc(C)c4ccc1c2c43. The summed E-state index contributed by atoms with van der Waals surface area (Å²) in [7, 11) is 0. The van der Waals surface area contributed by atoms with Gasteiger partial charge >= 0.3 is 0 Å². The molecule has 0 saturated heterocycles. The molecule has 0 N–H and O–H groups in total. The molecule has 20 heavy (non-hydrogen) atoms. The van der Waals surface area contributed by atoms with E-state index in [0.717, 1.165) is 22.8 Å². The number of aromatic nitrogens is 2. The van der Waals surface area contributed by atoms with Crippen LogP contribution in [0.3, 0.4) is 0 Å². The van der Waals surface area contributed by atoms with E-state index in [1.165, 1.54) is 32.3 Å². The minimum atomic E-state index is 1.11. The Kier molecular flexibility index (Phi) is 2.12. The van der Waals surface area contributed by atoms with Gasteiger partial charge in [-0.05, 0) is 27.7 Å². The van der Waals surface area contributed by atoms with E-state index in [0.29, 0.717) is 0 Å². The summed E-state index contributed by atoms with van der Waals surface area (Å²) in [6, 6.07) is 8.76. The Labute approximate surface area is 117 Å². The molecule has 2 aromatic heterocycles. The third-order valence-corrected chi connectivity index (χ3v) is 4.39. The molecule has 0 aliphatic rings. The number of pyridine rings is 2. The van der Waals surface area contributed by atoms with Gasteiger partial charge in [0.05, 0.1) is 0 Å². The van der Waals surface area contributed by atoms with Crippen LogP contribution < -0.4 is 0 Å². The predicted octanol–water partition coefficient (Wildman–Crippen LogP) is 4.61. The van der Waals surface area contributed by atoms with Crippen LogP contribution in [0.15, 0.2) is 24.3 Å². The monoisotopic (exact) mass is 260 g/mol.